The minimum atomic E-state index is 0.0202. The molecule has 0 radical (unpaired) electrons. The van der Waals surface area contributed by atoms with E-state index < -0.39 is 0 Å². The van der Waals surface area contributed by atoms with Crippen molar-refractivity contribution in [1.29, 1.82) is 0 Å². The SMILES string of the molecule is CC(=O)N(CCNC(=O)C1CCOCC1)Cc1cccc(C)c1. The van der Waals surface area contributed by atoms with Gasteiger partial charge in [0.15, 0.2) is 0 Å². The molecule has 0 atom stereocenters. The third-order valence-electron chi connectivity index (χ3n) is 4.17. The highest BCUT2D eigenvalue weighted by molar-refractivity contribution is 5.78. The van der Waals surface area contributed by atoms with Crippen LogP contribution in [0.2, 0.25) is 0 Å². The van der Waals surface area contributed by atoms with Crippen molar-refractivity contribution in [3.63, 3.8) is 0 Å². The zero-order chi connectivity index (χ0) is 16.7. The van der Waals surface area contributed by atoms with Gasteiger partial charge in [-0.05, 0) is 25.3 Å². The van der Waals surface area contributed by atoms with Gasteiger partial charge in [-0.3, -0.25) is 9.59 Å². The minimum absolute atomic E-state index is 0.0202. The summed E-state index contributed by atoms with van der Waals surface area (Å²) in [5, 5.41) is 2.95. The van der Waals surface area contributed by atoms with Crippen LogP contribution in [0.5, 0.6) is 0 Å². The van der Waals surface area contributed by atoms with Crippen LogP contribution in [0.4, 0.5) is 0 Å². The van der Waals surface area contributed by atoms with Crippen LogP contribution in [0.15, 0.2) is 24.3 Å². The first-order valence-corrected chi connectivity index (χ1v) is 8.23. The molecule has 1 fully saturated rings. The Balaban J connectivity index is 1.80. The maximum absolute atomic E-state index is 12.1. The van der Waals surface area contributed by atoms with Gasteiger partial charge in [-0.1, -0.05) is 29.8 Å². The Bertz CT molecular complexity index is 539. The third kappa shape index (κ3) is 5.67. The van der Waals surface area contributed by atoms with Crippen molar-refractivity contribution in [2.24, 2.45) is 5.92 Å². The molecule has 1 aliphatic heterocycles. The van der Waals surface area contributed by atoms with Crippen molar-refractivity contribution >= 4 is 11.8 Å². The Morgan fingerprint density at radius 3 is 2.70 bits per heavy atom. The van der Waals surface area contributed by atoms with E-state index >= 15 is 0 Å². The number of amides is 2. The molecule has 2 amide bonds. The molecule has 0 aromatic heterocycles. The quantitative estimate of drug-likeness (QED) is 0.871. The molecule has 1 aromatic carbocycles. The maximum atomic E-state index is 12.1. The molecule has 1 N–H and O–H groups in total. The van der Waals surface area contributed by atoms with E-state index in [1.807, 2.05) is 25.1 Å². The summed E-state index contributed by atoms with van der Waals surface area (Å²) in [4.78, 5) is 25.7. The lowest BCUT2D eigenvalue weighted by molar-refractivity contribution is -0.131. The molecule has 1 heterocycles. The van der Waals surface area contributed by atoms with Gasteiger partial charge >= 0.3 is 0 Å². The molecule has 1 aromatic rings. The summed E-state index contributed by atoms with van der Waals surface area (Å²) in [6.07, 6.45) is 1.57. The highest BCUT2D eigenvalue weighted by atomic mass is 16.5. The van der Waals surface area contributed by atoms with Gasteiger partial charge in [0, 0.05) is 45.7 Å². The van der Waals surface area contributed by atoms with E-state index in [4.69, 9.17) is 4.74 Å². The topological polar surface area (TPSA) is 58.6 Å². The zero-order valence-electron chi connectivity index (χ0n) is 14.0. The molecule has 0 saturated carbocycles. The summed E-state index contributed by atoms with van der Waals surface area (Å²) < 4.78 is 5.27. The van der Waals surface area contributed by atoms with Crippen LogP contribution in [-0.4, -0.2) is 43.0 Å². The lowest BCUT2D eigenvalue weighted by atomic mass is 9.99. The molecule has 5 nitrogen and oxygen atoms in total. The molecule has 0 aliphatic carbocycles. The van der Waals surface area contributed by atoms with Gasteiger partial charge in [-0.25, -0.2) is 0 Å². The van der Waals surface area contributed by atoms with E-state index in [-0.39, 0.29) is 17.7 Å². The van der Waals surface area contributed by atoms with Gasteiger partial charge in [0.05, 0.1) is 0 Å². The van der Waals surface area contributed by atoms with E-state index in [1.54, 1.807) is 11.8 Å². The summed E-state index contributed by atoms with van der Waals surface area (Å²) in [6.45, 7) is 6.51. The lowest BCUT2D eigenvalue weighted by Crippen LogP contribution is -2.40. The predicted molar refractivity (Wildman–Crippen MR) is 88.8 cm³/mol. The van der Waals surface area contributed by atoms with Crippen molar-refractivity contribution in [3.8, 4) is 0 Å². The van der Waals surface area contributed by atoms with Crippen LogP contribution in [0.3, 0.4) is 0 Å². The number of hydrogen-bond acceptors (Lipinski definition) is 3. The fraction of sp³-hybridized carbons (Fsp3) is 0.556. The number of carbonyl (C=O) groups is 2. The third-order valence-corrected chi connectivity index (χ3v) is 4.17. The number of benzene rings is 1. The zero-order valence-corrected chi connectivity index (χ0v) is 14.0. The van der Waals surface area contributed by atoms with Gasteiger partial charge in [-0.15, -0.1) is 0 Å². The first kappa shape index (κ1) is 17.5. The largest absolute Gasteiger partial charge is 0.381 e. The standard InChI is InChI=1S/C18H26N2O3/c1-14-4-3-5-16(12-14)13-20(15(2)21)9-8-19-18(22)17-6-10-23-11-7-17/h3-5,12,17H,6-11,13H2,1-2H3,(H,19,22). The summed E-state index contributed by atoms with van der Waals surface area (Å²) in [5.41, 5.74) is 2.29. The van der Waals surface area contributed by atoms with Crippen LogP contribution in [0, 0.1) is 12.8 Å². The second-order valence-corrected chi connectivity index (χ2v) is 6.11. The number of carbonyl (C=O) groups excluding carboxylic acids is 2. The van der Waals surface area contributed by atoms with Crippen LogP contribution in [0.1, 0.15) is 30.9 Å². The molecule has 23 heavy (non-hydrogen) atoms. The van der Waals surface area contributed by atoms with Crippen molar-refractivity contribution in [2.45, 2.75) is 33.2 Å². The number of aryl methyl sites for hydroxylation is 1. The van der Waals surface area contributed by atoms with Gasteiger partial charge < -0.3 is 15.0 Å². The average molecular weight is 318 g/mol. The highest BCUT2D eigenvalue weighted by Crippen LogP contribution is 2.14. The summed E-state index contributed by atoms with van der Waals surface area (Å²) in [6, 6.07) is 8.13. The monoisotopic (exact) mass is 318 g/mol. The molecule has 126 valence electrons. The predicted octanol–water partition coefficient (Wildman–Crippen LogP) is 1.89. The average Bonchev–Trinajstić information content (AvgIpc) is 2.54. The maximum Gasteiger partial charge on any atom is 0.223 e. The van der Waals surface area contributed by atoms with Crippen molar-refractivity contribution < 1.29 is 14.3 Å². The van der Waals surface area contributed by atoms with E-state index in [1.165, 1.54) is 5.56 Å². The van der Waals surface area contributed by atoms with Gasteiger partial charge in [0.1, 0.15) is 0 Å². The second-order valence-electron chi connectivity index (χ2n) is 6.11. The number of nitrogens with one attached hydrogen (secondary N) is 1. The van der Waals surface area contributed by atoms with E-state index in [0.29, 0.717) is 32.8 Å². The molecule has 1 aliphatic rings. The Kier molecular flexibility index (Phi) is 6.59. The van der Waals surface area contributed by atoms with Crippen LogP contribution in [-0.2, 0) is 20.9 Å². The fourth-order valence-corrected chi connectivity index (χ4v) is 2.80. The fourth-order valence-electron chi connectivity index (χ4n) is 2.80. The Morgan fingerprint density at radius 1 is 1.30 bits per heavy atom. The van der Waals surface area contributed by atoms with Gasteiger partial charge in [0.2, 0.25) is 11.8 Å². The Hall–Kier alpha value is -1.88. The van der Waals surface area contributed by atoms with E-state index in [9.17, 15) is 9.59 Å². The van der Waals surface area contributed by atoms with Crippen LogP contribution in [0.25, 0.3) is 0 Å². The summed E-state index contributed by atoms with van der Waals surface area (Å²) in [5.74, 6) is 0.144. The van der Waals surface area contributed by atoms with Gasteiger partial charge in [-0.2, -0.15) is 0 Å². The Morgan fingerprint density at radius 2 is 2.04 bits per heavy atom. The van der Waals surface area contributed by atoms with Crippen molar-refractivity contribution in [1.82, 2.24) is 10.2 Å². The first-order chi connectivity index (χ1) is 11.1. The van der Waals surface area contributed by atoms with Crippen LogP contribution >= 0.6 is 0 Å². The molecule has 2 rings (SSSR count). The second kappa shape index (κ2) is 8.67. The molecular formula is C18H26N2O3. The van der Waals surface area contributed by atoms with Crippen molar-refractivity contribution in [3.05, 3.63) is 35.4 Å². The number of ether oxygens (including phenoxy) is 1. The smallest absolute Gasteiger partial charge is 0.223 e. The number of hydrogen-bond donors (Lipinski definition) is 1. The van der Waals surface area contributed by atoms with E-state index in [2.05, 4.69) is 11.4 Å². The lowest BCUT2D eigenvalue weighted by Gasteiger charge is -2.24. The number of nitrogens with zero attached hydrogens (tertiary/aromatic N) is 1. The minimum Gasteiger partial charge on any atom is -0.381 e. The number of rotatable bonds is 6. The highest BCUT2D eigenvalue weighted by Gasteiger charge is 2.21. The molecule has 1 saturated heterocycles. The van der Waals surface area contributed by atoms with Crippen molar-refractivity contribution in [2.75, 3.05) is 26.3 Å². The molecule has 0 spiro atoms. The van der Waals surface area contributed by atoms with Crippen LogP contribution < -0.4 is 5.32 Å². The Labute approximate surface area is 138 Å². The molecule has 0 unspecified atom stereocenters. The normalized spacial score (nSPS) is 15.2. The summed E-state index contributed by atoms with van der Waals surface area (Å²) in [7, 11) is 0. The molecular weight excluding hydrogens is 292 g/mol. The molecule has 0 bridgehead atoms. The van der Waals surface area contributed by atoms with Gasteiger partial charge in [0.25, 0.3) is 0 Å². The van der Waals surface area contributed by atoms with E-state index in [0.717, 1.165) is 18.4 Å². The molecule has 5 heteroatoms. The summed E-state index contributed by atoms with van der Waals surface area (Å²) >= 11 is 0. The first-order valence-electron chi connectivity index (χ1n) is 8.23.